The number of carbonyl (C=O) groups is 2. The molecule has 7 heteroatoms. The predicted octanol–water partition coefficient (Wildman–Crippen LogP) is 2.42. The summed E-state index contributed by atoms with van der Waals surface area (Å²) in [6.07, 6.45) is 0.976. The molecule has 1 aromatic carbocycles. The van der Waals surface area contributed by atoms with Crippen molar-refractivity contribution in [2.75, 3.05) is 18.4 Å². The number of urea groups is 1. The molecule has 0 spiro atoms. The van der Waals surface area contributed by atoms with Gasteiger partial charge in [-0.2, -0.15) is 0 Å². The first kappa shape index (κ1) is 15.6. The quantitative estimate of drug-likeness (QED) is 0.782. The lowest BCUT2D eigenvalue weighted by Crippen LogP contribution is -2.46. The van der Waals surface area contributed by atoms with Crippen LogP contribution in [0.3, 0.4) is 0 Å². The van der Waals surface area contributed by atoms with Gasteiger partial charge in [-0.1, -0.05) is 11.6 Å². The maximum atomic E-state index is 12.2. The number of carboxylic acid groups (broad SMARTS) is 1. The van der Waals surface area contributed by atoms with Crippen LogP contribution in [-0.2, 0) is 0 Å². The van der Waals surface area contributed by atoms with Gasteiger partial charge in [0.1, 0.15) is 0 Å². The molecule has 1 aliphatic heterocycles. The average Bonchev–Trinajstić information content (AvgIpc) is 2.38. The number of anilines is 1. The second kappa shape index (κ2) is 5.91. The zero-order chi connectivity index (χ0) is 15.6. The van der Waals surface area contributed by atoms with Gasteiger partial charge in [0, 0.05) is 18.1 Å². The zero-order valence-electron chi connectivity index (χ0n) is 11.6. The minimum Gasteiger partial charge on any atom is -0.478 e. The zero-order valence-corrected chi connectivity index (χ0v) is 12.4. The summed E-state index contributed by atoms with van der Waals surface area (Å²) in [6.45, 7) is 2.57. The molecule has 2 amide bonds. The van der Waals surface area contributed by atoms with Crippen molar-refractivity contribution in [3.05, 3.63) is 28.8 Å². The van der Waals surface area contributed by atoms with E-state index in [4.69, 9.17) is 16.7 Å². The highest BCUT2D eigenvalue weighted by atomic mass is 35.5. The molecule has 1 saturated heterocycles. The number of aliphatic hydroxyl groups is 1. The Kier molecular flexibility index (Phi) is 4.39. The molecule has 0 bridgehead atoms. The summed E-state index contributed by atoms with van der Waals surface area (Å²) in [5, 5.41) is 21.9. The summed E-state index contributed by atoms with van der Waals surface area (Å²) >= 11 is 5.84. The molecule has 1 aromatic rings. The van der Waals surface area contributed by atoms with Crippen molar-refractivity contribution in [3.8, 4) is 0 Å². The number of hydrogen-bond acceptors (Lipinski definition) is 3. The van der Waals surface area contributed by atoms with Crippen LogP contribution in [0.15, 0.2) is 18.2 Å². The third-order valence-electron chi connectivity index (χ3n) is 3.58. The van der Waals surface area contributed by atoms with Crippen LogP contribution in [0.2, 0.25) is 5.02 Å². The fourth-order valence-electron chi connectivity index (χ4n) is 2.19. The number of nitrogens with one attached hydrogen (secondary N) is 1. The number of nitrogens with zero attached hydrogens (tertiary/aromatic N) is 1. The van der Waals surface area contributed by atoms with Crippen LogP contribution in [-0.4, -0.2) is 45.8 Å². The van der Waals surface area contributed by atoms with Gasteiger partial charge in [0.2, 0.25) is 0 Å². The number of benzene rings is 1. The maximum Gasteiger partial charge on any atom is 0.337 e. The number of carboxylic acids is 1. The maximum absolute atomic E-state index is 12.2. The normalized spacial score (nSPS) is 17.4. The summed E-state index contributed by atoms with van der Waals surface area (Å²) < 4.78 is 0. The van der Waals surface area contributed by atoms with E-state index in [2.05, 4.69) is 5.32 Å². The molecule has 1 aliphatic rings. The predicted molar refractivity (Wildman–Crippen MR) is 78.9 cm³/mol. The Morgan fingerprint density at radius 1 is 1.33 bits per heavy atom. The Labute approximate surface area is 127 Å². The van der Waals surface area contributed by atoms with Gasteiger partial charge in [0.05, 0.1) is 16.9 Å². The SMILES string of the molecule is CC1(O)CCN(C(=O)Nc2cc(Cl)ccc2C(=O)O)CC1. The number of hydrogen-bond donors (Lipinski definition) is 3. The number of aromatic carboxylic acids is 1. The monoisotopic (exact) mass is 312 g/mol. The molecule has 1 heterocycles. The molecule has 0 radical (unpaired) electrons. The Bertz CT molecular complexity index is 564. The van der Waals surface area contributed by atoms with Crippen LogP contribution < -0.4 is 5.32 Å². The van der Waals surface area contributed by atoms with Crippen molar-refractivity contribution < 1.29 is 19.8 Å². The molecule has 0 aliphatic carbocycles. The highest BCUT2D eigenvalue weighted by molar-refractivity contribution is 6.31. The molecule has 2 rings (SSSR count). The second-order valence-corrected chi connectivity index (χ2v) is 5.85. The van der Waals surface area contributed by atoms with Gasteiger partial charge >= 0.3 is 12.0 Å². The summed E-state index contributed by atoms with van der Waals surface area (Å²) in [4.78, 5) is 24.8. The van der Waals surface area contributed by atoms with Crippen LogP contribution >= 0.6 is 11.6 Å². The van der Waals surface area contributed by atoms with Crippen LogP contribution in [0.5, 0.6) is 0 Å². The molecule has 21 heavy (non-hydrogen) atoms. The molecule has 0 saturated carbocycles. The Morgan fingerprint density at radius 2 is 1.95 bits per heavy atom. The first-order chi connectivity index (χ1) is 9.78. The molecular weight excluding hydrogens is 296 g/mol. The largest absolute Gasteiger partial charge is 0.478 e. The van der Waals surface area contributed by atoms with Gasteiger partial charge in [-0.05, 0) is 38.0 Å². The van der Waals surface area contributed by atoms with E-state index < -0.39 is 17.6 Å². The highest BCUT2D eigenvalue weighted by Crippen LogP contribution is 2.24. The summed E-state index contributed by atoms with van der Waals surface area (Å²) in [6, 6.07) is 3.82. The van der Waals surface area contributed by atoms with Crippen molar-refractivity contribution in [1.82, 2.24) is 4.90 Å². The van der Waals surface area contributed by atoms with E-state index in [9.17, 15) is 14.7 Å². The van der Waals surface area contributed by atoms with E-state index in [1.165, 1.54) is 18.2 Å². The van der Waals surface area contributed by atoms with Crippen LogP contribution in [0.4, 0.5) is 10.5 Å². The minimum atomic E-state index is -1.14. The van der Waals surface area contributed by atoms with Crippen LogP contribution in [0.25, 0.3) is 0 Å². The van der Waals surface area contributed by atoms with E-state index in [1.54, 1.807) is 11.8 Å². The van der Waals surface area contributed by atoms with Crippen molar-refractivity contribution in [1.29, 1.82) is 0 Å². The fraction of sp³-hybridized carbons (Fsp3) is 0.429. The smallest absolute Gasteiger partial charge is 0.337 e. The molecule has 0 unspecified atom stereocenters. The molecule has 6 nitrogen and oxygen atoms in total. The Balaban J connectivity index is 2.10. The van der Waals surface area contributed by atoms with Crippen molar-refractivity contribution in [2.45, 2.75) is 25.4 Å². The molecule has 3 N–H and O–H groups in total. The first-order valence-corrected chi connectivity index (χ1v) is 6.97. The second-order valence-electron chi connectivity index (χ2n) is 5.41. The van der Waals surface area contributed by atoms with Crippen molar-refractivity contribution in [3.63, 3.8) is 0 Å². The van der Waals surface area contributed by atoms with E-state index >= 15 is 0 Å². The molecule has 114 valence electrons. The number of amides is 2. The van der Waals surface area contributed by atoms with Gasteiger partial charge < -0.3 is 20.4 Å². The van der Waals surface area contributed by atoms with Gasteiger partial charge in [0.15, 0.2) is 0 Å². The lowest BCUT2D eigenvalue weighted by atomic mass is 9.94. The topological polar surface area (TPSA) is 89.9 Å². The van der Waals surface area contributed by atoms with E-state index in [1.807, 2.05) is 0 Å². The van der Waals surface area contributed by atoms with Gasteiger partial charge in [-0.3, -0.25) is 0 Å². The third-order valence-corrected chi connectivity index (χ3v) is 3.82. The number of rotatable bonds is 2. The Hall–Kier alpha value is -1.79. The fourth-order valence-corrected chi connectivity index (χ4v) is 2.36. The number of carbonyl (C=O) groups excluding carboxylic acids is 1. The molecule has 0 atom stereocenters. The van der Waals surface area contributed by atoms with E-state index in [0.29, 0.717) is 31.0 Å². The van der Waals surface area contributed by atoms with Crippen molar-refractivity contribution in [2.24, 2.45) is 0 Å². The van der Waals surface area contributed by atoms with E-state index in [-0.39, 0.29) is 11.3 Å². The Morgan fingerprint density at radius 3 is 2.52 bits per heavy atom. The van der Waals surface area contributed by atoms with Crippen LogP contribution in [0, 0.1) is 0 Å². The lowest BCUT2D eigenvalue weighted by molar-refractivity contribution is 0.00570. The standard InChI is InChI=1S/C14H17ClN2O4/c1-14(21)4-6-17(7-5-14)13(20)16-11-8-9(15)2-3-10(11)12(18)19/h2-3,8,21H,4-7H2,1H3,(H,16,20)(H,18,19). The van der Waals surface area contributed by atoms with Gasteiger partial charge in [-0.25, -0.2) is 9.59 Å². The molecular formula is C14H17ClN2O4. The molecule has 1 fully saturated rings. The average molecular weight is 313 g/mol. The highest BCUT2D eigenvalue weighted by Gasteiger charge is 2.29. The van der Waals surface area contributed by atoms with Gasteiger partial charge in [-0.15, -0.1) is 0 Å². The van der Waals surface area contributed by atoms with Crippen molar-refractivity contribution >= 4 is 29.3 Å². The molecule has 0 aromatic heterocycles. The summed E-state index contributed by atoms with van der Waals surface area (Å²) in [5.41, 5.74) is -0.604. The third kappa shape index (κ3) is 3.86. The summed E-state index contributed by atoms with van der Waals surface area (Å²) in [7, 11) is 0. The number of halogens is 1. The minimum absolute atomic E-state index is 0.0169. The first-order valence-electron chi connectivity index (χ1n) is 6.60. The van der Waals surface area contributed by atoms with E-state index in [0.717, 1.165) is 0 Å². The van der Waals surface area contributed by atoms with Crippen LogP contribution in [0.1, 0.15) is 30.1 Å². The summed E-state index contributed by atoms with van der Waals surface area (Å²) in [5.74, 6) is -1.14. The number of piperidine rings is 1. The lowest BCUT2D eigenvalue weighted by Gasteiger charge is -2.35. The number of likely N-dealkylation sites (tertiary alicyclic amines) is 1. The van der Waals surface area contributed by atoms with Gasteiger partial charge in [0.25, 0.3) is 0 Å².